The maximum atomic E-state index is 14.2. The number of nitrogens with zero attached hydrogens (tertiary/aromatic N) is 4. The summed E-state index contributed by atoms with van der Waals surface area (Å²) >= 11 is 0. The van der Waals surface area contributed by atoms with Crippen LogP contribution in [-0.2, 0) is 0 Å². The van der Waals surface area contributed by atoms with Crippen molar-refractivity contribution in [2.45, 2.75) is 0 Å². The molecule has 0 unspecified atom stereocenters. The summed E-state index contributed by atoms with van der Waals surface area (Å²) < 4.78 is 68.0. The van der Waals surface area contributed by atoms with E-state index in [1.807, 2.05) is 109 Å². The molecule has 0 atom stereocenters. The van der Waals surface area contributed by atoms with Gasteiger partial charge in [-0.15, -0.1) is 0 Å². The molecule has 278 valence electrons. The summed E-state index contributed by atoms with van der Waals surface area (Å²) in [5.41, 5.74) is 9.34. The molecule has 0 fully saturated rings. The Morgan fingerprint density at radius 3 is 1.22 bits per heavy atom. The van der Waals surface area contributed by atoms with Crippen LogP contribution in [0.1, 0.15) is 0 Å². The highest BCUT2D eigenvalue weighted by molar-refractivity contribution is 5.85. The molecule has 58 heavy (non-hydrogen) atoms. The van der Waals surface area contributed by atoms with Gasteiger partial charge in [0.2, 0.25) is 11.8 Å². The molecule has 0 radical (unpaired) electrons. The number of oxazole rings is 2. The van der Waals surface area contributed by atoms with Gasteiger partial charge in [0, 0.05) is 28.5 Å². The lowest BCUT2D eigenvalue weighted by atomic mass is 9.95. The van der Waals surface area contributed by atoms with Gasteiger partial charge in [0.15, 0.2) is 34.4 Å². The van der Waals surface area contributed by atoms with E-state index in [0.29, 0.717) is 11.1 Å². The third kappa shape index (κ3) is 6.26. The van der Waals surface area contributed by atoms with Crippen molar-refractivity contribution < 1.29 is 26.4 Å². The molecule has 0 spiro atoms. The molecule has 0 saturated carbocycles. The fraction of sp³-hybridized carbons (Fsp3) is 0. The minimum atomic E-state index is -0.672. The van der Waals surface area contributed by atoms with E-state index < -0.39 is 23.3 Å². The SMILES string of the molecule is Fc1ccc(F)c2oc(-c3ccc(-c4ccc(-c5ccc(-c6ccccn6)nc5-c5ccc(-c6ccc(-c7nc8c(F)ccc(F)c8o7)cc6)cc5)cc4)cc3)nc12. The van der Waals surface area contributed by atoms with Gasteiger partial charge in [-0.3, -0.25) is 4.98 Å². The number of aromatic nitrogens is 4. The van der Waals surface area contributed by atoms with E-state index in [-0.39, 0.29) is 34.0 Å². The lowest BCUT2D eigenvalue weighted by Gasteiger charge is -2.13. The van der Waals surface area contributed by atoms with E-state index >= 15 is 0 Å². The first kappa shape index (κ1) is 34.7. The monoisotopic (exact) mass is 766 g/mol. The van der Waals surface area contributed by atoms with Gasteiger partial charge in [0.25, 0.3) is 0 Å². The smallest absolute Gasteiger partial charge is 0.227 e. The maximum Gasteiger partial charge on any atom is 0.227 e. The van der Waals surface area contributed by atoms with E-state index in [9.17, 15) is 17.6 Å². The first-order chi connectivity index (χ1) is 28.4. The van der Waals surface area contributed by atoms with Crippen molar-refractivity contribution in [2.24, 2.45) is 0 Å². The lowest BCUT2D eigenvalue weighted by molar-refractivity contribution is 0.560. The maximum absolute atomic E-state index is 14.2. The van der Waals surface area contributed by atoms with Crippen molar-refractivity contribution in [2.75, 3.05) is 0 Å². The van der Waals surface area contributed by atoms with Crippen LogP contribution in [0.15, 0.2) is 167 Å². The molecular weight excluding hydrogens is 741 g/mol. The zero-order valence-electron chi connectivity index (χ0n) is 30.1. The number of hydrogen-bond acceptors (Lipinski definition) is 6. The highest BCUT2D eigenvalue weighted by Crippen LogP contribution is 2.37. The Hall–Kier alpha value is -7.72. The number of halogens is 4. The summed E-state index contributed by atoms with van der Waals surface area (Å²) in [6.45, 7) is 0. The summed E-state index contributed by atoms with van der Waals surface area (Å²) in [5, 5.41) is 0. The van der Waals surface area contributed by atoms with Crippen molar-refractivity contribution in [1.82, 2.24) is 19.9 Å². The minimum Gasteiger partial charge on any atom is -0.433 e. The third-order valence-electron chi connectivity index (χ3n) is 10.00. The Morgan fingerprint density at radius 1 is 0.345 bits per heavy atom. The van der Waals surface area contributed by atoms with Crippen molar-refractivity contribution in [3.8, 4) is 78.9 Å². The molecule has 0 N–H and O–H groups in total. The van der Waals surface area contributed by atoms with Crippen molar-refractivity contribution in [3.05, 3.63) is 181 Å². The molecule has 10 rings (SSSR count). The highest BCUT2D eigenvalue weighted by atomic mass is 19.1. The Labute approximate surface area is 327 Å². The van der Waals surface area contributed by atoms with Crippen LogP contribution in [-0.4, -0.2) is 19.9 Å². The molecule has 0 saturated heterocycles. The molecule has 6 aromatic carbocycles. The number of hydrogen-bond donors (Lipinski definition) is 0. The number of fused-ring (bicyclic) bond motifs is 2. The minimum absolute atomic E-state index is 0.132. The van der Waals surface area contributed by atoms with Crippen LogP contribution in [0.5, 0.6) is 0 Å². The number of benzene rings is 6. The van der Waals surface area contributed by atoms with Gasteiger partial charge in [-0.05, 0) is 101 Å². The van der Waals surface area contributed by atoms with Gasteiger partial charge in [-0.25, -0.2) is 32.5 Å². The van der Waals surface area contributed by atoms with Crippen LogP contribution in [0.3, 0.4) is 0 Å². The Kier molecular flexibility index (Phi) is 8.44. The zero-order valence-corrected chi connectivity index (χ0v) is 30.1. The van der Waals surface area contributed by atoms with Crippen LogP contribution >= 0.6 is 0 Å². The van der Waals surface area contributed by atoms with Crippen LogP contribution in [0, 0.1) is 23.3 Å². The number of pyridine rings is 2. The van der Waals surface area contributed by atoms with Crippen LogP contribution < -0.4 is 0 Å². The molecule has 4 heterocycles. The molecule has 0 aliphatic rings. The van der Waals surface area contributed by atoms with Gasteiger partial charge >= 0.3 is 0 Å². The summed E-state index contributed by atoms with van der Waals surface area (Å²) in [6, 6.07) is 45.0. The summed E-state index contributed by atoms with van der Waals surface area (Å²) in [6.07, 6.45) is 1.74. The fourth-order valence-electron chi connectivity index (χ4n) is 6.98. The molecule has 0 bridgehead atoms. The molecule has 0 amide bonds. The second-order valence-electron chi connectivity index (χ2n) is 13.6. The predicted octanol–water partition coefficient (Wildman–Crippen LogP) is 13.0. The van der Waals surface area contributed by atoms with Crippen LogP contribution in [0.4, 0.5) is 17.6 Å². The van der Waals surface area contributed by atoms with Crippen LogP contribution in [0.2, 0.25) is 0 Å². The van der Waals surface area contributed by atoms with E-state index in [0.717, 1.165) is 80.3 Å². The van der Waals surface area contributed by atoms with E-state index in [4.69, 9.17) is 13.8 Å². The predicted molar refractivity (Wildman–Crippen MR) is 215 cm³/mol. The Bertz CT molecular complexity index is 3050. The summed E-state index contributed by atoms with van der Waals surface area (Å²) in [4.78, 5) is 18.0. The summed E-state index contributed by atoms with van der Waals surface area (Å²) in [5.74, 6) is -2.37. The van der Waals surface area contributed by atoms with E-state index in [1.54, 1.807) is 18.3 Å². The van der Waals surface area contributed by atoms with Crippen molar-refractivity contribution in [1.29, 1.82) is 0 Å². The Morgan fingerprint density at radius 2 is 0.776 bits per heavy atom. The molecule has 0 aliphatic heterocycles. The standard InChI is InChI=1S/C48H26F4N4O2/c49-36-21-23-38(51)45-43(36)55-47(57-45)33-16-8-29(9-17-33)27-4-12-31(13-5-27)35-20-25-41(40-3-1-2-26-53-40)54-42(35)32-14-6-28(7-15-32)30-10-18-34(19-11-30)48-56-44-37(50)22-24-39(52)46(44)58-48/h1-26H. The highest BCUT2D eigenvalue weighted by Gasteiger charge is 2.18. The van der Waals surface area contributed by atoms with Gasteiger partial charge in [0.1, 0.15) is 11.0 Å². The molecule has 10 heteroatoms. The average molecular weight is 767 g/mol. The zero-order chi connectivity index (χ0) is 39.3. The summed E-state index contributed by atoms with van der Waals surface area (Å²) in [7, 11) is 0. The lowest BCUT2D eigenvalue weighted by Crippen LogP contribution is -1.94. The van der Waals surface area contributed by atoms with E-state index in [2.05, 4.69) is 21.0 Å². The number of rotatable bonds is 7. The first-order valence-corrected chi connectivity index (χ1v) is 18.2. The normalized spacial score (nSPS) is 11.4. The van der Waals surface area contributed by atoms with Gasteiger partial charge in [-0.2, -0.15) is 0 Å². The molecular formula is C48H26F4N4O2. The Balaban J connectivity index is 0.939. The molecule has 0 aliphatic carbocycles. The molecule has 4 aromatic heterocycles. The first-order valence-electron chi connectivity index (χ1n) is 18.2. The average Bonchev–Trinajstić information content (AvgIpc) is 3.95. The molecule has 6 nitrogen and oxygen atoms in total. The van der Waals surface area contributed by atoms with Crippen molar-refractivity contribution >= 4 is 22.2 Å². The van der Waals surface area contributed by atoms with Gasteiger partial charge in [-0.1, -0.05) is 78.9 Å². The largest absolute Gasteiger partial charge is 0.433 e. The quantitative estimate of drug-likeness (QED) is 0.150. The second-order valence-corrected chi connectivity index (χ2v) is 13.6. The van der Waals surface area contributed by atoms with Gasteiger partial charge < -0.3 is 8.83 Å². The third-order valence-corrected chi connectivity index (χ3v) is 10.00. The van der Waals surface area contributed by atoms with Crippen LogP contribution in [0.25, 0.3) is 101 Å². The fourth-order valence-corrected chi connectivity index (χ4v) is 6.98. The second kappa shape index (κ2) is 14.1. The van der Waals surface area contributed by atoms with Gasteiger partial charge in [0.05, 0.1) is 17.1 Å². The van der Waals surface area contributed by atoms with Crippen molar-refractivity contribution in [3.63, 3.8) is 0 Å². The van der Waals surface area contributed by atoms with E-state index in [1.165, 1.54) is 0 Å². The topological polar surface area (TPSA) is 77.8 Å². The molecule has 10 aromatic rings.